The van der Waals surface area contributed by atoms with E-state index in [2.05, 4.69) is 10.3 Å². The monoisotopic (exact) mass is 242 g/mol. The Kier molecular flexibility index (Phi) is 5.22. The molecule has 0 spiro atoms. The SMILES string of the molecule is CCC(O)CCNC(=O)c1ccc(Cl)nc1. The van der Waals surface area contributed by atoms with Gasteiger partial charge in [0.05, 0.1) is 11.7 Å². The highest BCUT2D eigenvalue weighted by atomic mass is 35.5. The minimum absolute atomic E-state index is 0.201. The number of rotatable bonds is 5. The van der Waals surface area contributed by atoms with Gasteiger partial charge in [-0.25, -0.2) is 4.98 Å². The van der Waals surface area contributed by atoms with Gasteiger partial charge in [-0.2, -0.15) is 0 Å². The van der Waals surface area contributed by atoms with Gasteiger partial charge in [0, 0.05) is 12.7 Å². The topological polar surface area (TPSA) is 62.2 Å². The summed E-state index contributed by atoms with van der Waals surface area (Å²) in [5.74, 6) is -0.201. The maximum absolute atomic E-state index is 11.5. The summed E-state index contributed by atoms with van der Waals surface area (Å²) < 4.78 is 0. The van der Waals surface area contributed by atoms with E-state index in [1.165, 1.54) is 6.20 Å². The summed E-state index contributed by atoms with van der Waals surface area (Å²) in [5.41, 5.74) is 0.468. The van der Waals surface area contributed by atoms with Gasteiger partial charge in [0.25, 0.3) is 5.91 Å². The Balaban J connectivity index is 2.38. The first-order valence-corrected chi connectivity index (χ1v) is 5.59. The van der Waals surface area contributed by atoms with E-state index in [-0.39, 0.29) is 12.0 Å². The summed E-state index contributed by atoms with van der Waals surface area (Å²) in [5, 5.41) is 12.4. The highest BCUT2D eigenvalue weighted by Gasteiger charge is 2.06. The number of nitrogens with zero attached hydrogens (tertiary/aromatic N) is 1. The fourth-order valence-corrected chi connectivity index (χ4v) is 1.28. The normalized spacial score (nSPS) is 12.2. The van der Waals surface area contributed by atoms with Crippen molar-refractivity contribution in [2.75, 3.05) is 6.54 Å². The number of carbonyl (C=O) groups is 1. The number of hydrogen-bond acceptors (Lipinski definition) is 3. The number of amides is 1. The van der Waals surface area contributed by atoms with Crippen LogP contribution in [0.5, 0.6) is 0 Å². The van der Waals surface area contributed by atoms with Gasteiger partial charge in [0.2, 0.25) is 0 Å². The van der Waals surface area contributed by atoms with E-state index in [4.69, 9.17) is 11.6 Å². The third kappa shape index (κ3) is 4.16. The molecule has 0 bridgehead atoms. The van der Waals surface area contributed by atoms with Gasteiger partial charge >= 0.3 is 0 Å². The Morgan fingerprint density at radius 2 is 2.38 bits per heavy atom. The van der Waals surface area contributed by atoms with E-state index in [0.29, 0.717) is 30.1 Å². The van der Waals surface area contributed by atoms with Gasteiger partial charge in [-0.1, -0.05) is 18.5 Å². The molecular formula is C11H15ClN2O2. The minimum atomic E-state index is -0.358. The molecular weight excluding hydrogens is 228 g/mol. The Labute approximate surface area is 99.6 Å². The summed E-state index contributed by atoms with van der Waals surface area (Å²) in [6.45, 7) is 2.35. The molecule has 88 valence electrons. The van der Waals surface area contributed by atoms with Crippen molar-refractivity contribution in [3.63, 3.8) is 0 Å². The van der Waals surface area contributed by atoms with Gasteiger partial charge in [-0.05, 0) is 25.0 Å². The van der Waals surface area contributed by atoms with Gasteiger partial charge in [-0.15, -0.1) is 0 Å². The van der Waals surface area contributed by atoms with Gasteiger partial charge in [0.15, 0.2) is 0 Å². The molecule has 0 saturated carbocycles. The van der Waals surface area contributed by atoms with Crippen molar-refractivity contribution >= 4 is 17.5 Å². The lowest BCUT2D eigenvalue weighted by Crippen LogP contribution is -2.27. The molecule has 1 heterocycles. The van der Waals surface area contributed by atoms with Gasteiger partial charge < -0.3 is 10.4 Å². The average molecular weight is 243 g/mol. The summed E-state index contributed by atoms with van der Waals surface area (Å²) >= 11 is 5.61. The molecule has 5 heteroatoms. The molecule has 0 aliphatic heterocycles. The zero-order valence-electron chi connectivity index (χ0n) is 9.11. The van der Waals surface area contributed by atoms with Crippen LogP contribution in [0.4, 0.5) is 0 Å². The third-order valence-electron chi connectivity index (χ3n) is 2.22. The number of carbonyl (C=O) groups excluding carboxylic acids is 1. The highest BCUT2D eigenvalue weighted by molar-refractivity contribution is 6.29. The zero-order chi connectivity index (χ0) is 12.0. The van der Waals surface area contributed by atoms with E-state index in [1.807, 2.05) is 6.92 Å². The number of nitrogens with one attached hydrogen (secondary N) is 1. The quantitative estimate of drug-likeness (QED) is 0.772. The molecule has 0 aromatic carbocycles. The lowest BCUT2D eigenvalue weighted by Gasteiger charge is -2.08. The molecule has 0 radical (unpaired) electrons. The molecule has 16 heavy (non-hydrogen) atoms. The smallest absolute Gasteiger partial charge is 0.252 e. The summed E-state index contributed by atoms with van der Waals surface area (Å²) in [6, 6.07) is 3.18. The number of halogens is 1. The molecule has 0 aliphatic rings. The molecule has 0 fully saturated rings. The maximum Gasteiger partial charge on any atom is 0.252 e. The van der Waals surface area contributed by atoms with Crippen molar-refractivity contribution in [3.05, 3.63) is 29.0 Å². The molecule has 0 saturated heterocycles. The van der Waals surface area contributed by atoms with Gasteiger partial charge in [0.1, 0.15) is 5.15 Å². The molecule has 1 unspecified atom stereocenters. The molecule has 1 aromatic heterocycles. The van der Waals surface area contributed by atoms with Crippen molar-refractivity contribution in [1.29, 1.82) is 0 Å². The van der Waals surface area contributed by atoms with Crippen molar-refractivity contribution in [3.8, 4) is 0 Å². The second-order valence-corrected chi connectivity index (χ2v) is 3.86. The second-order valence-electron chi connectivity index (χ2n) is 3.48. The van der Waals surface area contributed by atoms with Crippen LogP contribution in [0.25, 0.3) is 0 Å². The summed E-state index contributed by atoms with van der Waals surface area (Å²) in [7, 11) is 0. The van der Waals surface area contributed by atoms with E-state index in [1.54, 1.807) is 12.1 Å². The van der Waals surface area contributed by atoms with Crippen LogP contribution in [0, 0.1) is 0 Å². The number of aliphatic hydroxyl groups is 1. The average Bonchev–Trinajstić information content (AvgIpc) is 2.29. The lowest BCUT2D eigenvalue weighted by molar-refractivity contribution is 0.0941. The van der Waals surface area contributed by atoms with Crippen LogP contribution in [0.2, 0.25) is 5.15 Å². The highest BCUT2D eigenvalue weighted by Crippen LogP contribution is 2.05. The summed E-state index contributed by atoms with van der Waals surface area (Å²) in [6.07, 6.45) is 2.32. The molecule has 4 nitrogen and oxygen atoms in total. The Morgan fingerprint density at radius 1 is 1.62 bits per heavy atom. The molecule has 1 aromatic rings. The van der Waals surface area contributed by atoms with Crippen LogP contribution in [0.3, 0.4) is 0 Å². The van der Waals surface area contributed by atoms with Crippen LogP contribution in [-0.2, 0) is 0 Å². The minimum Gasteiger partial charge on any atom is -0.393 e. The molecule has 1 atom stereocenters. The van der Waals surface area contributed by atoms with Crippen molar-refractivity contribution in [2.45, 2.75) is 25.9 Å². The number of aromatic nitrogens is 1. The van der Waals surface area contributed by atoms with E-state index >= 15 is 0 Å². The number of hydrogen-bond donors (Lipinski definition) is 2. The fraction of sp³-hybridized carbons (Fsp3) is 0.455. The van der Waals surface area contributed by atoms with Crippen LogP contribution in [0.1, 0.15) is 30.1 Å². The Hall–Kier alpha value is -1.13. The van der Waals surface area contributed by atoms with Gasteiger partial charge in [-0.3, -0.25) is 4.79 Å². The first kappa shape index (κ1) is 12.9. The Morgan fingerprint density at radius 3 is 2.94 bits per heavy atom. The predicted octanol–water partition coefficient (Wildman–Crippen LogP) is 1.63. The molecule has 1 amide bonds. The maximum atomic E-state index is 11.5. The predicted molar refractivity (Wildman–Crippen MR) is 62.5 cm³/mol. The standard InChI is InChI=1S/C11H15ClN2O2/c1-2-9(15)5-6-13-11(16)8-3-4-10(12)14-7-8/h3-4,7,9,15H,2,5-6H2,1H3,(H,13,16). The molecule has 1 rings (SSSR count). The van der Waals surface area contributed by atoms with Crippen LogP contribution >= 0.6 is 11.6 Å². The second kappa shape index (κ2) is 6.45. The zero-order valence-corrected chi connectivity index (χ0v) is 9.87. The van der Waals surface area contributed by atoms with E-state index in [9.17, 15) is 9.90 Å². The van der Waals surface area contributed by atoms with Crippen molar-refractivity contribution < 1.29 is 9.90 Å². The van der Waals surface area contributed by atoms with Crippen molar-refractivity contribution in [1.82, 2.24) is 10.3 Å². The lowest BCUT2D eigenvalue weighted by atomic mass is 10.2. The van der Waals surface area contributed by atoms with Crippen molar-refractivity contribution in [2.24, 2.45) is 0 Å². The van der Waals surface area contributed by atoms with Crippen LogP contribution in [0.15, 0.2) is 18.3 Å². The van der Waals surface area contributed by atoms with Crippen LogP contribution in [-0.4, -0.2) is 28.6 Å². The Bertz CT molecular complexity index is 340. The van der Waals surface area contributed by atoms with E-state index < -0.39 is 0 Å². The molecule has 2 N–H and O–H groups in total. The molecule has 0 aliphatic carbocycles. The third-order valence-corrected chi connectivity index (χ3v) is 2.45. The first-order chi connectivity index (χ1) is 7.63. The summed E-state index contributed by atoms with van der Waals surface area (Å²) in [4.78, 5) is 15.4. The fourth-order valence-electron chi connectivity index (χ4n) is 1.17. The number of aliphatic hydroxyl groups excluding tert-OH is 1. The first-order valence-electron chi connectivity index (χ1n) is 5.21. The van der Waals surface area contributed by atoms with E-state index in [0.717, 1.165) is 0 Å². The largest absolute Gasteiger partial charge is 0.393 e. The van der Waals surface area contributed by atoms with Crippen LogP contribution < -0.4 is 5.32 Å². The number of pyridine rings is 1.